The van der Waals surface area contributed by atoms with Crippen LogP contribution in [0, 0.1) is 0 Å². The zero-order chi connectivity index (χ0) is 32.4. The molecule has 0 saturated carbocycles. The predicted octanol–water partition coefficient (Wildman–Crippen LogP) is 9.70. The van der Waals surface area contributed by atoms with Gasteiger partial charge in [0.2, 0.25) is 0 Å². The molecule has 3 aliphatic rings. The van der Waals surface area contributed by atoms with E-state index in [1.54, 1.807) is 0 Å². The van der Waals surface area contributed by atoms with Crippen LogP contribution in [0.4, 0.5) is 0 Å². The Morgan fingerprint density at radius 3 is 1.79 bits per heavy atom. The summed E-state index contributed by atoms with van der Waals surface area (Å²) in [6.45, 7) is 8.41. The molecule has 48 heavy (non-hydrogen) atoms. The lowest BCUT2D eigenvalue weighted by Crippen LogP contribution is -2.41. The van der Waals surface area contributed by atoms with Gasteiger partial charge in [-0.2, -0.15) is 0 Å². The van der Waals surface area contributed by atoms with Crippen molar-refractivity contribution in [2.45, 2.75) is 44.3 Å². The smallest absolute Gasteiger partial charge is 0.399 e. The van der Waals surface area contributed by atoms with Crippen LogP contribution in [0.2, 0.25) is 0 Å². The van der Waals surface area contributed by atoms with Crippen molar-refractivity contribution < 1.29 is 9.31 Å². The first-order valence-corrected chi connectivity index (χ1v) is 16.9. The summed E-state index contributed by atoms with van der Waals surface area (Å²) < 4.78 is 13.0. The molecular weight excluding hydrogens is 585 g/mol. The number of pyridine rings is 1. The van der Waals surface area contributed by atoms with E-state index in [0.29, 0.717) is 0 Å². The van der Waals surface area contributed by atoms with Crippen molar-refractivity contribution in [2.24, 2.45) is 0 Å². The van der Waals surface area contributed by atoms with Crippen LogP contribution in [0.15, 0.2) is 133 Å². The standard InChI is InChI=1S/C44H34BNO2/c1-42(2)43(3,4)48-45(47-42)28-15-13-14-27(26-28)41-40-32(31-18-8-12-23-38(31)46-41)24-25-37-39(40)33-19-7-11-22-36(33)44(37)34-20-9-5-16-29(34)30-17-6-10-21-35(30)44/h5-26H,1-4H3. The molecule has 230 valence electrons. The number of fused-ring (bicyclic) bond motifs is 14. The molecule has 1 spiro atoms. The van der Waals surface area contributed by atoms with E-state index in [1.165, 1.54) is 55.3 Å². The Hall–Kier alpha value is -5.03. The van der Waals surface area contributed by atoms with Gasteiger partial charge in [-0.25, -0.2) is 4.98 Å². The Bertz CT molecular complexity index is 2430. The summed E-state index contributed by atoms with van der Waals surface area (Å²) in [5.41, 5.74) is 13.2. The van der Waals surface area contributed by atoms with E-state index in [1.807, 2.05) is 0 Å². The number of rotatable bonds is 2. The molecule has 1 aliphatic heterocycles. The van der Waals surface area contributed by atoms with Crippen LogP contribution in [0.3, 0.4) is 0 Å². The highest BCUT2D eigenvalue weighted by atomic mass is 16.7. The Morgan fingerprint density at radius 1 is 0.521 bits per heavy atom. The van der Waals surface area contributed by atoms with Gasteiger partial charge in [0.05, 0.1) is 27.8 Å². The molecule has 6 aromatic carbocycles. The molecule has 7 aromatic rings. The lowest BCUT2D eigenvalue weighted by atomic mass is 9.70. The van der Waals surface area contributed by atoms with Crippen LogP contribution in [-0.4, -0.2) is 23.3 Å². The van der Waals surface area contributed by atoms with Crippen LogP contribution in [0.5, 0.6) is 0 Å². The molecule has 1 aromatic heterocycles. The molecule has 3 nitrogen and oxygen atoms in total. The van der Waals surface area contributed by atoms with Gasteiger partial charge in [0.25, 0.3) is 0 Å². The van der Waals surface area contributed by atoms with E-state index in [-0.39, 0.29) is 0 Å². The third kappa shape index (κ3) is 3.49. The lowest BCUT2D eigenvalue weighted by Gasteiger charge is -2.32. The van der Waals surface area contributed by atoms with Crippen molar-refractivity contribution in [1.29, 1.82) is 0 Å². The van der Waals surface area contributed by atoms with Gasteiger partial charge in [-0.1, -0.05) is 127 Å². The maximum atomic E-state index is 6.51. The third-order valence-electron chi connectivity index (χ3n) is 11.5. The zero-order valence-corrected chi connectivity index (χ0v) is 27.5. The van der Waals surface area contributed by atoms with E-state index >= 15 is 0 Å². The van der Waals surface area contributed by atoms with Gasteiger partial charge in [0.1, 0.15) is 0 Å². The number of benzene rings is 6. The minimum absolute atomic E-state index is 0.416. The van der Waals surface area contributed by atoms with Crippen molar-refractivity contribution in [3.05, 3.63) is 156 Å². The highest BCUT2D eigenvalue weighted by Gasteiger charge is 2.53. The van der Waals surface area contributed by atoms with Gasteiger partial charge < -0.3 is 9.31 Å². The third-order valence-corrected chi connectivity index (χ3v) is 11.5. The molecular formula is C44H34BNO2. The monoisotopic (exact) mass is 619 g/mol. The Kier molecular flexibility index (Phi) is 5.57. The summed E-state index contributed by atoms with van der Waals surface area (Å²) in [6.07, 6.45) is 0. The molecule has 0 radical (unpaired) electrons. The Labute approximate surface area is 281 Å². The SMILES string of the molecule is CC1(C)OB(c2cccc(-c3nc4ccccc4c4ccc5c(c34)-c3ccccc3C53c4ccccc4-c4ccccc43)c2)OC1(C)C. The highest BCUT2D eigenvalue weighted by molar-refractivity contribution is 6.62. The van der Waals surface area contributed by atoms with Crippen molar-refractivity contribution in [2.75, 3.05) is 0 Å². The first kappa shape index (κ1) is 28.0. The van der Waals surface area contributed by atoms with Gasteiger partial charge in [0, 0.05) is 16.3 Å². The van der Waals surface area contributed by atoms with Crippen molar-refractivity contribution in [1.82, 2.24) is 4.98 Å². The average Bonchev–Trinajstić information content (AvgIpc) is 3.67. The van der Waals surface area contributed by atoms with Gasteiger partial charge in [-0.3, -0.25) is 0 Å². The molecule has 2 heterocycles. The zero-order valence-electron chi connectivity index (χ0n) is 27.5. The molecule has 1 saturated heterocycles. The number of hydrogen-bond acceptors (Lipinski definition) is 3. The summed E-state index contributed by atoms with van der Waals surface area (Å²) in [5, 5.41) is 3.55. The fraction of sp³-hybridized carbons (Fsp3) is 0.159. The van der Waals surface area contributed by atoms with Crippen LogP contribution >= 0.6 is 0 Å². The summed E-state index contributed by atoms with van der Waals surface area (Å²) in [7, 11) is -0.456. The second-order valence-electron chi connectivity index (χ2n) is 14.5. The Balaban J connectivity index is 1.31. The van der Waals surface area contributed by atoms with Crippen molar-refractivity contribution in [3.8, 4) is 33.5 Å². The second-order valence-corrected chi connectivity index (χ2v) is 14.5. The van der Waals surface area contributed by atoms with Gasteiger partial charge in [-0.15, -0.1) is 0 Å². The van der Waals surface area contributed by atoms with Crippen LogP contribution in [0.25, 0.3) is 55.2 Å². The largest absolute Gasteiger partial charge is 0.494 e. The first-order chi connectivity index (χ1) is 23.3. The second kappa shape index (κ2) is 9.53. The summed E-state index contributed by atoms with van der Waals surface area (Å²) in [4.78, 5) is 5.47. The van der Waals surface area contributed by atoms with Crippen molar-refractivity contribution in [3.63, 3.8) is 0 Å². The minimum atomic E-state index is -0.456. The normalized spacial score (nSPS) is 17.5. The average molecular weight is 620 g/mol. The molecule has 0 amide bonds. The molecule has 10 rings (SSSR count). The fourth-order valence-electron chi connectivity index (χ4n) is 8.65. The van der Waals surface area contributed by atoms with Crippen LogP contribution in [0.1, 0.15) is 49.9 Å². The van der Waals surface area contributed by atoms with Gasteiger partial charge in [0.15, 0.2) is 0 Å². The summed E-state index contributed by atoms with van der Waals surface area (Å²) >= 11 is 0. The maximum Gasteiger partial charge on any atom is 0.494 e. The number of hydrogen-bond donors (Lipinski definition) is 0. The van der Waals surface area contributed by atoms with Crippen LogP contribution < -0.4 is 5.46 Å². The maximum absolute atomic E-state index is 6.51. The van der Waals surface area contributed by atoms with E-state index in [2.05, 4.69) is 161 Å². The van der Waals surface area contributed by atoms with E-state index in [0.717, 1.165) is 27.6 Å². The summed E-state index contributed by atoms with van der Waals surface area (Å²) in [5.74, 6) is 0. The Morgan fingerprint density at radius 2 is 1.10 bits per heavy atom. The quantitative estimate of drug-likeness (QED) is 0.143. The topological polar surface area (TPSA) is 31.4 Å². The molecule has 0 unspecified atom stereocenters. The molecule has 0 bridgehead atoms. The molecule has 4 heteroatoms. The number of nitrogens with zero attached hydrogens (tertiary/aromatic N) is 1. The molecule has 0 N–H and O–H groups in total. The molecule has 1 fully saturated rings. The molecule has 2 aliphatic carbocycles. The van der Waals surface area contributed by atoms with Gasteiger partial charge >= 0.3 is 7.12 Å². The van der Waals surface area contributed by atoms with Crippen molar-refractivity contribution >= 4 is 34.3 Å². The number of para-hydroxylation sites is 1. The van der Waals surface area contributed by atoms with E-state index in [4.69, 9.17) is 14.3 Å². The summed E-state index contributed by atoms with van der Waals surface area (Å²) in [6, 6.07) is 48.9. The number of aromatic nitrogens is 1. The first-order valence-electron chi connectivity index (χ1n) is 16.9. The highest BCUT2D eigenvalue weighted by Crippen LogP contribution is 2.64. The van der Waals surface area contributed by atoms with E-state index < -0.39 is 23.7 Å². The minimum Gasteiger partial charge on any atom is -0.399 e. The fourth-order valence-corrected chi connectivity index (χ4v) is 8.65. The molecule has 0 atom stereocenters. The lowest BCUT2D eigenvalue weighted by molar-refractivity contribution is 0.00578. The predicted molar refractivity (Wildman–Crippen MR) is 197 cm³/mol. The van der Waals surface area contributed by atoms with Gasteiger partial charge in [-0.05, 0) is 89.1 Å². The van der Waals surface area contributed by atoms with E-state index in [9.17, 15) is 0 Å². The van der Waals surface area contributed by atoms with Crippen LogP contribution in [-0.2, 0) is 14.7 Å².